The van der Waals surface area contributed by atoms with Crippen molar-refractivity contribution in [2.24, 2.45) is 0 Å². The van der Waals surface area contributed by atoms with Crippen molar-refractivity contribution >= 4 is 85.9 Å². The molecule has 5 radical (unpaired) electrons. The molecular weight excluding hydrogens is 574 g/mol. The Labute approximate surface area is 152 Å². The number of halogens is 4. The van der Waals surface area contributed by atoms with E-state index in [4.69, 9.17) is 31.6 Å². The Kier molecular flexibility index (Phi) is 755. The van der Waals surface area contributed by atoms with Crippen LogP contribution in [0.4, 0.5) is 18.8 Å². The Morgan fingerprint density at radius 3 is 0.500 bits per heavy atom. The minimum atomic E-state index is -2.00. The number of rotatable bonds is 0. The van der Waals surface area contributed by atoms with Crippen LogP contribution in [0, 0.1) is 0 Å². The molecule has 0 bridgehead atoms. The molecule has 0 rings (SSSR count). The van der Waals surface area contributed by atoms with Crippen LogP contribution in [0.2, 0.25) is 0 Å². The number of hydrogen-bond acceptors (Lipinski definition) is 8. The van der Waals surface area contributed by atoms with Crippen LogP contribution in [0.3, 0.4) is 0 Å². The predicted molar refractivity (Wildman–Crippen MR) is 41.5 cm³/mol. The average molecular weight is 578 g/mol. The van der Waals surface area contributed by atoms with Gasteiger partial charge in [-0.1, -0.05) is 0 Å². The molecule has 0 spiro atoms. The Hall–Kier alpha value is 1.58. The van der Waals surface area contributed by atoms with Gasteiger partial charge in [0.05, 0.1) is 0 Å². The van der Waals surface area contributed by atoms with Crippen molar-refractivity contribution in [2.75, 3.05) is 0 Å². The molecule has 105 valence electrons. The summed E-state index contributed by atoms with van der Waals surface area (Å²) in [6.45, 7) is 0. The van der Waals surface area contributed by atoms with Gasteiger partial charge in [0.2, 0.25) is 0 Å². The zero-order chi connectivity index (χ0) is 10.8. The summed E-state index contributed by atoms with van der Waals surface area (Å²) in [5.74, 6) is 0. The topological polar surface area (TPSA) is 161 Å². The van der Waals surface area contributed by atoms with E-state index in [-0.39, 0.29) is 58.9 Å². The summed E-state index contributed by atoms with van der Waals surface area (Å²) in [6, 6.07) is 0. The molecule has 0 aromatic carbocycles. The molecule has 0 fully saturated rings. The van der Waals surface area contributed by atoms with Crippen molar-refractivity contribution in [3.63, 3.8) is 0 Å². The van der Waals surface area contributed by atoms with Gasteiger partial charge < -0.3 is 0 Å². The van der Waals surface area contributed by atoms with E-state index in [2.05, 4.69) is 0 Å². The van der Waals surface area contributed by atoms with Gasteiger partial charge in [-0.05, 0) is 0 Å². The number of hydrogen-bond donors (Lipinski definition) is 0. The summed E-state index contributed by atoms with van der Waals surface area (Å²) in [5.41, 5.74) is 0. The van der Waals surface area contributed by atoms with E-state index in [0.717, 1.165) is 0 Å². The van der Waals surface area contributed by atoms with Crippen LogP contribution in [-0.2, 0) is 32.2 Å². The molecule has 0 heterocycles. The Bertz CT molecular complexity index is 89.1. The summed E-state index contributed by atoms with van der Waals surface area (Å²) < 4.78 is 68.0. The second-order valence-electron chi connectivity index (χ2n) is 0.333. The van der Waals surface area contributed by atoms with Gasteiger partial charge in [0, 0.05) is 0 Å². The Morgan fingerprint density at radius 2 is 0.500 bits per heavy atom. The molecule has 0 amide bonds. The summed E-state index contributed by atoms with van der Waals surface area (Å²) in [5, 5.41) is 0. The fraction of sp³-hybridized carbons (Fsp3) is 0. The molecule has 0 aliphatic carbocycles. The van der Waals surface area contributed by atoms with E-state index in [1.54, 1.807) is 0 Å². The summed E-state index contributed by atoms with van der Waals surface area (Å²) in [7, 11) is 0. The molecule has 0 aromatic heterocycles. The summed E-state index contributed by atoms with van der Waals surface area (Å²) in [4.78, 5) is 0. The molecular formula is H4F4Ge4MgMnO8. The molecule has 8 nitrogen and oxygen atoms in total. The fourth-order valence-electron chi connectivity index (χ4n) is 0. The summed E-state index contributed by atoms with van der Waals surface area (Å²) in [6.07, 6.45) is 0. The van der Waals surface area contributed by atoms with Crippen molar-refractivity contribution in [3.8, 4) is 0 Å². The monoisotopic (exact) mass is 583 g/mol. The zero-order valence-corrected chi connectivity index (χ0v) is 19.0. The first-order chi connectivity index (χ1) is 5.66. The van der Waals surface area contributed by atoms with Crippen LogP contribution in [-0.4, -0.2) is 85.9 Å². The van der Waals surface area contributed by atoms with Gasteiger partial charge in [0.1, 0.15) is 0 Å². The van der Waals surface area contributed by atoms with E-state index in [0.29, 0.717) is 0 Å². The molecule has 18 heteroatoms. The fourth-order valence-corrected chi connectivity index (χ4v) is 0. The SMILES string of the molecule is F.F.F.F.[Mg+2].[Mn+2].[O]=[Ge][O-].[O]=[Ge][O-].[O]=[Ge][O-].[O]=[Ge][O-]. The van der Waals surface area contributed by atoms with Crippen molar-refractivity contribution in [1.29, 1.82) is 0 Å². The summed E-state index contributed by atoms with van der Waals surface area (Å²) >= 11 is -8.00. The van der Waals surface area contributed by atoms with Gasteiger partial charge in [-0.2, -0.15) is 0 Å². The first-order valence-electron chi connectivity index (χ1n) is 1.63. The Balaban J connectivity index is -0.00000000533. The van der Waals surface area contributed by atoms with Crippen LogP contribution in [0.25, 0.3) is 0 Å². The van der Waals surface area contributed by atoms with Crippen LogP contribution in [0.15, 0.2) is 0 Å². The average Bonchev–Trinajstić information content (AvgIpc) is 1.92. The second kappa shape index (κ2) is 185. The van der Waals surface area contributed by atoms with Gasteiger partial charge in [0.15, 0.2) is 0 Å². The first kappa shape index (κ1) is 73.7. The molecule has 18 heavy (non-hydrogen) atoms. The zero-order valence-electron chi connectivity index (χ0n) is 7.98. The van der Waals surface area contributed by atoms with Crippen LogP contribution in [0.1, 0.15) is 0 Å². The van der Waals surface area contributed by atoms with Gasteiger partial charge >= 0.3 is 135 Å². The van der Waals surface area contributed by atoms with E-state index in [1.807, 2.05) is 0 Å². The molecule has 0 atom stereocenters. The molecule has 0 aromatic rings. The molecule has 0 unspecified atom stereocenters. The van der Waals surface area contributed by atoms with Gasteiger partial charge in [0.25, 0.3) is 0 Å². The van der Waals surface area contributed by atoms with Crippen LogP contribution < -0.4 is 16.5 Å². The first-order valence-corrected chi connectivity index (χ1v) is 8.49. The standard InChI is InChI=1S/4FH.4GeO2.Mg.Mn/c;;;;4*2-1-3;;/h4*1H;;;;;;/q;;;;4*-1;2*+2. The van der Waals surface area contributed by atoms with Crippen LogP contribution in [0.5, 0.6) is 0 Å². The quantitative estimate of drug-likeness (QED) is 0.203. The minimum absolute atomic E-state index is 0. The maximum atomic E-state index is 8.50. The maximum absolute atomic E-state index is 8.50. The molecule has 0 aliphatic heterocycles. The van der Waals surface area contributed by atoms with Gasteiger partial charge in [-0.3, -0.25) is 18.8 Å². The molecule has 0 aliphatic rings. The molecule has 0 saturated carbocycles. The van der Waals surface area contributed by atoms with Gasteiger partial charge in [-0.15, -0.1) is 0 Å². The third kappa shape index (κ3) is 1940. The third-order valence-corrected chi connectivity index (χ3v) is 0. The van der Waals surface area contributed by atoms with Crippen LogP contribution >= 0.6 is 0 Å². The van der Waals surface area contributed by atoms with E-state index in [9.17, 15) is 0 Å². The predicted octanol–water partition coefficient (Wildman–Crippen LogP) is -6.53. The molecule has 0 N–H and O–H groups in total. The van der Waals surface area contributed by atoms with Crippen molar-refractivity contribution in [3.05, 3.63) is 0 Å². The van der Waals surface area contributed by atoms with Crippen molar-refractivity contribution < 1.29 is 67.5 Å². The Morgan fingerprint density at radius 1 is 0.500 bits per heavy atom. The van der Waals surface area contributed by atoms with E-state index in [1.165, 1.54) is 0 Å². The molecule has 0 saturated heterocycles. The van der Waals surface area contributed by atoms with Gasteiger partial charge in [-0.25, -0.2) is 0 Å². The van der Waals surface area contributed by atoms with Crippen molar-refractivity contribution in [1.82, 2.24) is 0 Å². The second-order valence-corrected chi connectivity index (χ2v) is 1.73. The van der Waals surface area contributed by atoms with E-state index >= 15 is 0 Å². The van der Waals surface area contributed by atoms with E-state index < -0.39 is 62.8 Å². The normalized spacial score (nSPS) is 2.67. The third-order valence-electron chi connectivity index (χ3n) is 0. The van der Waals surface area contributed by atoms with Crippen molar-refractivity contribution in [2.45, 2.75) is 0 Å².